The van der Waals surface area contributed by atoms with Gasteiger partial charge in [-0.05, 0) is 157 Å². The van der Waals surface area contributed by atoms with Crippen LogP contribution in [0.4, 0.5) is 11.8 Å². The van der Waals surface area contributed by atoms with Gasteiger partial charge in [-0.2, -0.15) is 4.98 Å². The van der Waals surface area contributed by atoms with Crippen molar-refractivity contribution in [1.29, 1.82) is 0 Å². The van der Waals surface area contributed by atoms with E-state index in [9.17, 15) is 9.90 Å². The summed E-state index contributed by atoms with van der Waals surface area (Å²) in [6, 6.07) is 8.78. The Labute approximate surface area is 378 Å². The van der Waals surface area contributed by atoms with E-state index in [2.05, 4.69) is 149 Å². The van der Waals surface area contributed by atoms with Gasteiger partial charge in [0.05, 0.1) is 0 Å². The third kappa shape index (κ3) is 25.0. The van der Waals surface area contributed by atoms with Crippen molar-refractivity contribution in [3.63, 3.8) is 0 Å². The fraction of sp³-hybridized carbons (Fsp3) is 0.574. The van der Waals surface area contributed by atoms with Crippen molar-refractivity contribution < 1.29 is 9.90 Å². The third-order valence-corrected chi connectivity index (χ3v) is 11.4. The zero-order valence-corrected chi connectivity index (χ0v) is 40.8. The van der Waals surface area contributed by atoms with Gasteiger partial charge in [0.1, 0.15) is 5.82 Å². The molecule has 0 saturated heterocycles. The number of benzene rings is 1. The summed E-state index contributed by atoms with van der Waals surface area (Å²) in [5.74, 6) is 1.12. The lowest BCUT2D eigenvalue weighted by atomic mass is 10.0. The van der Waals surface area contributed by atoms with Crippen LogP contribution in [0, 0.1) is 6.92 Å². The van der Waals surface area contributed by atoms with Crippen molar-refractivity contribution in [2.45, 2.75) is 178 Å². The van der Waals surface area contributed by atoms with Gasteiger partial charge in [0.2, 0.25) is 11.9 Å². The normalized spacial score (nSPS) is 13.5. The van der Waals surface area contributed by atoms with Crippen LogP contribution in [-0.4, -0.2) is 58.7 Å². The monoisotopic (exact) mass is 851 g/mol. The second kappa shape index (κ2) is 31.6. The summed E-state index contributed by atoms with van der Waals surface area (Å²) in [6.07, 6.45) is 30.1. The minimum atomic E-state index is 0.110. The van der Waals surface area contributed by atoms with Crippen molar-refractivity contribution in [3.8, 4) is 0 Å². The van der Waals surface area contributed by atoms with Gasteiger partial charge in [0.15, 0.2) is 0 Å². The predicted molar refractivity (Wildman–Crippen MR) is 267 cm³/mol. The number of hydrogen-bond acceptors (Lipinski definition) is 7. The lowest BCUT2D eigenvalue weighted by Crippen LogP contribution is -2.32. The summed E-state index contributed by atoms with van der Waals surface area (Å²) in [4.78, 5) is 23.8. The molecule has 0 bridgehead atoms. The van der Waals surface area contributed by atoms with Crippen LogP contribution in [0.5, 0.6) is 0 Å². The van der Waals surface area contributed by atoms with Crippen LogP contribution in [0.15, 0.2) is 94.2 Å². The maximum atomic E-state index is 12.6. The second-order valence-electron chi connectivity index (χ2n) is 18.0. The Morgan fingerprint density at radius 1 is 0.710 bits per heavy atom. The van der Waals surface area contributed by atoms with E-state index in [-0.39, 0.29) is 24.5 Å². The number of carbonyl (C=O) groups excluding carboxylic acids is 1. The number of allylic oxidation sites excluding steroid dienone is 12. The molecule has 0 unspecified atom stereocenters. The Hall–Kier alpha value is -4.27. The lowest BCUT2D eigenvalue weighted by Gasteiger charge is -2.21. The van der Waals surface area contributed by atoms with Gasteiger partial charge in [-0.3, -0.25) is 4.79 Å². The largest absolute Gasteiger partial charge is 0.396 e. The molecule has 1 atom stereocenters. The van der Waals surface area contributed by atoms with Crippen molar-refractivity contribution in [1.82, 2.24) is 20.2 Å². The first-order chi connectivity index (χ1) is 29.7. The number of rotatable bonds is 31. The summed E-state index contributed by atoms with van der Waals surface area (Å²) in [6.45, 7) is 22.0. The number of nitrogens with one attached hydrogen (secondary N) is 2. The quantitative estimate of drug-likeness (QED) is 0.0441. The predicted octanol–water partition coefficient (Wildman–Crippen LogP) is 12.8. The van der Waals surface area contributed by atoms with Gasteiger partial charge in [-0.25, -0.2) is 4.98 Å². The number of nitrogens with zero attached hydrogens (tertiary/aromatic N) is 3. The van der Waals surface area contributed by atoms with Crippen molar-refractivity contribution >= 4 is 17.7 Å². The molecule has 0 aliphatic heterocycles. The number of likely N-dealkylation sites (N-methyl/N-ethyl adjacent to an activating group) is 1. The molecule has 2 aromatic rings. The van der Waals surface area contributed by atoms with Gasteiger partial charge in [0, 0.05) is 56.4 Å². The summed E-state index contributed by atoms with van der Waals surface area (Å²) in [5.41, 5.74) is 18.9. The van der Waals surface area contributed by atoms with E-state index in [1.54, 1.807) is 0 Å². The standard InChI is InChI=1S/C54H86N6O2/c1-11-18-50(35-38-61)58-53-51(47(9)57-54(55)59-53)39-48-30-32-49(33-31-48)40-60(10)37-36-56-52(62)34-29-46(8)28-17-27-45(7)26-16-24-43(5)21-13-12-20-42(4)23-15-25-44(6)22-14-19-41(2)3/h19-21,25-26,28,30-33,50,61H,11-18,22-24,27,29,34-40H2,1-10H3,(H,56,62)(H3,55,57,58,59)/b42-20+,43-21+,44-25+,45-26+,46-28+/t50-/m0/s1. The topological polar surface area (TPSA) is 116 Å². The number of aryl methyl sites for hydroxylation is 1. The molecule has 2 rings (SSSR count). The maximum absolute atomic E-state index is 12.6. The molecule has 0 fully saturated rings. The Morgan fingerprint density at radius 3 is 1.73 bits per heavy atom. The number of anilines is 2. The van der Waals surface area contributed by atoms with E-state index < -0.39 is 0 Å². The summed E-state index contributed by atoms with van der Waals surface area (Å²) >= 11 is 0. The second-order valence-corrected chi connectivity index (χ2v) is 18.0. The Balaban J connectivity index is 1.64. The van der Waals surface area contributed by atoms with Gasteiger partial charge < -0.3 is 26.4 Å². The number of aliphatic hydroxyl groups is 1. The smallest absolute Gasteiger partial charge is 0.222 e. The Bertz CT molecular complexity index is 1790. The molecule has 8 heteroatoms. The van der Waals surface area contributed by atoms with E-state index in [4.69, 9.17) is 5.73 Å². The van der Waals surface area contributed by atoms with Crippen LogP contribution >= 0.6 is 0 Å². The Morgan fingerprint density at radius 2 is 1.21 bits per heavy atom. The lowest BCUT2D eigenvalue weighted by molar-refractivity contribution is -0.121. The molecular formula is C54H86N6O2. The average molecular weight is 851 g/mol. The molecule has 62 heavy (non-hydrogen) atoms. The van der Waals surface area contributed by atoms with E-state index in [0.29, 0.717) is 25.8 Å². The number of nitrogen functional groups attached to an aromatic ring is 1. The van der Waals surface area contributed by atoms with Gasteiger partial charge in [0.25, 0.3) is 0 Å². The summed E-state index contributed by atoms with van der Waals surface area (Å²) < 4.78 is 0. The fourth-order valence-corrected chi connectivity index (χ4v) is 7.47. The van der Waals surface area contributed by atoms with E-state index >= 15 is 0 Å². The molecule has 0 radical (unpaired) electrons. The SMILES string of the molecule is CCC[C@@H](CCO)Nc1nc(N)nc(C)c1Cc1ccc(CN(C)CCNC(=O)CC/C(C)=C/CC/C(C)=C/CC/C(C)=C/CC/C=C(\C)CC/C=C(\C)CCC=C(C)C)cc1. The van der Waals surface area contributed by atoms with Gasteiger partial charge in [-0.1, -0.05) is 108 Å². The third-order valence-electron chi connectivity index (χ3n) is 11.4. The molecule has 1 aromatic carbocycles. The first-order valence-electron chi connectivity index (χ1n) is 23.6. The molecule has 1 amide bonds. The molecule has 1 aromatic heterocycles. The van der Waals surface area contributed by atoms with E-state index in [1.807, 2.05) is 6.92 Å². The maximum Gasteiger partial charge on any atom is 0.222 e. The molecule has 344 valence electrons. The van der Waals surface area contributed by atoms with Crippen molar-refractivity contribution in [3.05, 3.63) is 117 Å². The highest BCUT2D eigenvalue weighted by molar-refractivity contribution is 5.76. The number of carbonyl (C=O) groups is 1. The summed E-state index contributed by atoms with van der Waals surface area (Å²) in [5, 5.41) is 16.2. The van der Waals surface area contributed by atoms with Crippen LogP contribution in [-0.2, 0) is 17.8 Å². The highest BCUT2D eigenvalue weighted by Gasteiger charge is 2.16. The molecule has 1 heterocycles. The van der Waals surface area contributed by atoms with Crippen LogP contribution in [0.3, 0.4) is 0 Å². The van der Waals surface area contributed by atoms with Crippen molar-refractivity contribution in [2.24, 2.45) is 0 Å². The number of aromatic nitrogens is 2. The number of aliphatic hydroxyl groups excluding tert-OH is 1. The van der Waals surface area contributed by atoms with Crippen LogP contribution in [0.25, 0.3) is 0 Å². The highest BCUT2D eigenvalue weighted by Crippen LogP contribution is 2.24. The Kier molecular flexibility index (Phi) is 27.4. The highest BCUT2D eigenvalue weighted by atomic mass is 16.3. The molecule has 0 aliphatic carbocycles. The minimum Gasteiger partial charge on any atom is -0.396 e. The van der Waals surface area contributed by atoms with Gasteiger partial charge >= 0.3 is 0 Å². The molecule has 0 saturated carbocycles. The fourth-order valence-electron chi connectivity index (χ4n) is 7.47. The minimum absolute atomic E-state index is 0.110. The van der Waals surface area contributed by atoms with Gasteiger partial charge in [-0.15, -0.1) is 0 Å². The first kappa shape index (κ1) is 53.9. The van der Waals surface area contributed by atoms with Crippen LogP contribution < -0.4 is 16.4 Å². The zero-order chi connectivity index (χ0) is 45.7. The van der Waals surface area contributed by atoms with Crippen LogP contribution in [0.1, 0.15) is 174 Å². The number of amides is 1. The number of nitrogens with two attached hydrogens (primary N) is 1. The van der Waals surface area contributed by atoms with E-state index in [1.165, 1.54) is 51.0 Å². The van der Waals surface area contributed by atoms with Crippen LogP contribution in [0.2, 0.25) is 0 Å². The summed E-state index contributed by atoms with van der Waals surface area (Å²) in [7, 11) is 2.09. The number of unbranched alkanes of at least 4 members (excludes halogenated alkanes) is 1. The van der Waals surface area contributed by atoms with E-state index in [0.717, 1.165) is 107 Å². The molecule has 5 N–H and O–H groups in total. The molecule has 0 spiro atoms. The average Bonchev–Trinajstić information content (AvgIpc) is 3.20. The van der Waals surface area contributed by atoms with Crippen molar-refractivity contribution in [2.75, 3.05) is 37.8 Å². The molecule has 0 aliphatic rings. The first-order valence-corrected chi connectivity index (χ1v) is 23.6. The zero-order valence-electron chi connectivity index (χ0n) is 40.8. The molecule has 8 nitrogen and oxygen atoms in total. The number of hydrogen-bond donors (Lipinski definition) is 4. The molecular weight excluding hydrogens is 765 g/mol.